The van der Waals surface area contributed by atoms with Gasteiger partial charge in [-0.1, -0.05) is 13.8 Å². The summed E-state index contributed by atoms with van der Waals surface area (Å²) in [7, 11) is 0. The van der Waals surface area contributed by atoms with Crippen molar-refractivity contribution in [1.29, 1.82) is 0 Å². The molecule has 3 heteroatoms. The number of hydrogen-bond acceptors (Lipinski definition) is 3. The minimum atomic E-state index is 0.413. The molecule has 0 bridgehead atoms. The lowest BCUT2D eigenvalue weighted by atomic mass is 10.0. The molecule has 0 aromatic carbocycles. The van der Waals surface area contributed by atoms with Crippen molar-refractivity contribution in [3.05, 3.63) is 16.1 Å². The van der Waals surface area contributed by atoms with Gasteiger partial charge in [0.05, 0.1) is 10.7 Å². The largest absolute Gasteiger partial charge is 0.330 e. The van der Waals surface area contributed by atoms with Gasteiger partial charge in [-0.15, -0.1) is 11.3 Å². The summed E-state index contributed by atoms with van der Waals surface area (Å²) < 4.78 is 0. The number of thiazole rings is 1. The standard InChI is InChI=1S/C11H18N2S/c1-3-8(6-12)9-7-14-10(13-9)11(2)4-5-11/h7-8H,3-6,12H2,1-2H3. The Bertz CT molecular complexity index is 311. The van der Waals surface area contributed by atoms with E-state index in [1.165, 1.54) is 23.5 Å². The van der Waals surface area contributed by atoms with Crippen molar-refractivity contribution in [2.45, 2.75) is 44.4 Å². The van der Waals surface area contributed by atoms with Crippen molar-refractivity contribution in [3.63, 3.8) is 0 Å². The Hall–Kier alpha value is -0.410. The lowest BCUT2D eigenvalue weighted by molar-refractivity contribution is 0.649. The summed E-state index contributed by atoms with van der Waals surface area (Å²) in [6.45, 7) is 5.20. The second-order valence-electron chi connectivity index (χ2n) is 4.48. The number of hydrogen-bond donors (Lipinski definition) is 1. The average Bonchev–Trinajstić information content (AvgIpc) is 2.76. The fourth-order valence-electron chi connectivity index (χ4n) is 1.65. The first-order valence-electron chi connectivity index (χ1n) is 5.35. The first-order valence-corrected chi connectivity index (χ1v) is 6.23. The maximum Gasteiger partial charge on any atom is 0.0987 e. The van der Waals surface area contributed by atoms with Crippen LogP contribution >= 0.6 is 11.3 Å². The van der Waals surface area contributed by atoms with Gasteiger partial charge >= 0.3 is 0 Å². The predicted octanol–water partition coefficient (Wildman–Crippen LogP) is 2.65. The van der Waals surface area contributed by atoms with Crippen LogP contribution in [-0.2, 0) is 5.41 Å². The summed E-state index contributed by atoms with van der Waals surface area (Å²) >= 11 is 1.81. The first-order chi connectivity index (χ1) is 6.69. The van der Waals surface area contributed by atoms with Crippen LogP contribution in [0.4, 0.5) is 0 Å². The van der Waals surface area contributed by atoms with Crippen LogP contribution in [0.3, 0.4) is 0 Å². The monoisotopic (exact) mass is 210 g/mol. The summed E-state index contributed by atoms with van der Waals surface area (Å²) in [6.07, 6.45) is 3.70. The summed E-state index contributed by atoms with van der Waals surface area (Å²) in [5, 5.41) is 3.51. The Labute approximate surface area is 89.5 Å². The van der Waals surface area contributed by atoms with Crippen molar-refractivity contribution in [3.8, 4) is 0 Å². The summed E-state index contributed by atoms with van der Waals surface area (Å²) in [6, 6.07) is 0. The summed E-state index contributed by atoms with van der Waals surface area (Å²) in [5.74, 6) is 0.461. The van der Waals surface area contributed by atoms with Gasteiger partial charge < -0.3 is 5.73 Å². The van der Waals surface area contributed by atoms with Crippen molar-refractivity contribution >= 4 is 11.3 Å². The fraction of sp³-hybridized carbons (Fsp3) is 0.727. The third kappa shape index (κ3) is 1.71. The van der Waals surface area contributed by atoms with Crippen molar-refractivity contribution in [2.75, 3.05) is 6.54 Å². The zero-order valence-electron chi connectivity index (χ0n) is 8.92. The third-order valence-corrected chi connectivity index (χ3v) is 4.40. The lowest BCUT2D eigenvalue weighted by Crippen LogP contribution is -2.12. The molecule has 1 heterocycles. The first kappa shape index (κ1) is 10.1. The maximum absolute atomic E-state index is 5.71. The molecule has 1 fully saturated rings. The molecule has 78 valence electrons. The molecular weight excluding hydrogens is 192 g/mol. The van der Waals surface area contributed by atoms with Crippen LogP contribution in [0.25, 0.3) is 0 Å². The van der Waals surface area contributed by atoms with E-state index >= 15 is 0 Å². The average molecular weight is 210 g/mol. The van der Waals surface area contributed by atoms with E-state index in [0.717, 1.165) is 13.0 Å². The molecule has 1 aliphatic carbocycles. The topological polar surface area (TPSA) is 38.9 Å². The van der Waals surface area contributed by atoms with E-state index in [1.807, 2.05) is 11.3 Å². The molecule has 0 aliphatic heterocycles. The second-order valence-corrected chi connectivity index (χ2v) is 5.34. The van der Waals surface area contributed by atoms with Gasteiger partial charge in [-0.2, -0.15) is 0 Å². The quantitative estimate of drug-likeness (QED) is 0.829. The van der Waals surface area contributed by atoms with E-state index in [2.05, 4.69) is 19.2 Å². The van der Waals surface area contributed by atoms with Gasteiger partial charge in [0.1, 0.15) is 0 Å². The number of aromatic nitrogens is 1. The Morgan fingerprint density at radius 3 is 2.86 bits per heavy atom. The molecule has 1 unspecified atom stereocenters. The molecule has 0 spiro atoms. The molecule has 0 saturated heterocycles. The van der Waals surface area contributed by atoms with Crippen molar-refractivity contribution < 1.29 is 0 Å². The highest BCUT2D eigenvalue weighted by atomic mass is 32.1. The van der Waals surface area contributed by atoms with Crippen LogP contribution in [0.1, 0.15) is 49.7 Å². The number of nitrogens with zero attached hydrogens (tertiary/aromatic N) is 1. The molecular formula is C11H18N2S. The van der Waals surface area contributed by atoms with E-state index in [0.29, 0.717) is 11.3 Å². The Morgan fingerprint density at radius 1 is 1.64 bits per heavy atom. The normalized spacial score (nSPS) is 20.8. The number of rotatable bonds is 4. The molecule has 2 N–H and O–H groups in total. The molecule has 0 amide bonds. The van der Waals surface area contributed by atoms with Crippen molar-refractivity contribution in [2.24, 2.45) is 5.73 Å². The van der Waals surface area contributed by atoms with Gasteiger partial charge in [0.15, 0.2) is 0 Å². The van der Waals surface area contributed by atoms with Crippen LogP contribution < -0.4 is 5.73 Å². The van der Waals surface area contributed by atoms with Gasteiger partial charge in [-0.05, 0) is 19.3 Å². The predicted molar refractivity (Wildman–Crippen MR) is 60.8 cm³/mol. The molecule has 1 saturated carbocycles. The smallest absolute Gasteiger partial charge is 0.0987 e. The van der Waals surface area contributed by atoms with Crippen LogP contribution in [0.2, 0.25) is 0 Å². The highest BCUT2D eigenvalue weighted by molar-refractivity contribution is 7.09. The molecule has 2 rings (SSSR count). The van der Waals surface area contributed by atoms with Crippen LogP contribution in [0.5, 0.6) is 0 Å². The molecule has 0 radical (unpaired) electrons. The Kier molecular flexibility index (Phi) is 2.62. The van der Waals surface area contributed by atoms with Gasteiger partial charge in [0.2, 0.25) is 0 Å². The summed E-state index contributed by atoms with van der Waals surface area (Å²) in [4.78, 5) is 4.72. The molecule has 2 nitrogen and oxygen atoms in total. The summed E-state index contributed by atoms with van der Waals surface area (Å²) in [5.41, 5.74) is 7.34. The van der Waals surface area contributed by atoms with Crippen LogP contribution in [-0.4, -0.2) is 11.5 Å². The van der Waals surface area contributed by atoms with E-state index < -0.39 is 0 Å². The minimum Gasteiger partial charge on any atom is -0.330 e. The van der Waals surface area contributed by atoms with E-state index in [9.17, 15) is 0 Å². The number of nitrogens with two attached hydrogens (primary N) is 1. The Morgan fingerprint density at radius 2 is 2.36 bits per heavy atom. The highest BCUT2D eigenvalue weighted by Crippen LogP contribution is 2.48. The minimum absolute atomic E-state index is 0.413. The van der Waals surface area contributed by atoms with Gasteiger partial charge in [0.25, 0.3) is 0 Å². The molecule has 1 aromatic heterocycles. The fourth-order valence-corrected chi connectivity index (χ4v) is 2.77. The van der Waals surface area contributed by atoms with Crippen LogP contribution in [0.15, 0.2) is 5.38 Å². The zero-order chi connectivity index (χ0) is 10.2. The van der Waals surface area contributed by atoms with E-state index in [1.54, 1.807) is 0 Å². The van der Waals surface area contributed by atoms with Crippen LogP contribution in [0, 0.1) is 0 Å². The van der Waals surface area contributed by atoms with Gasteiger partial charge in [-0.3, -0.25) is 0 Å². The molecule has 14 heavy (non-hydrogen) atoms. The zero-order valence-corrected chi connectivity index (χ0v) is 9.73. The van der Waals surface area contributed by atoms with Gasteiger partial charge in [0, 0.05) is 23.3 Å². The maximum atomic E-state index is 5.71. The lowest BCUT2D eigenvalue weighted by Gasteiger charge is -2.08. The molecule has 1 aliphatic rings. The highest BCUT2D eigenvalue weighted by Gasteiger charge is 2.41. The second kappa shape index (κ2) is 3.63. The molecule has 1 atom stereocenters. The Balaban J connectivity index is 2.16. The molecule has 1 aromatic rings. The van der Waals surface area contributed by atoms with Crippen molar-refractivity contribution in [1.82, 2.24) is 4.98 Å². The third-order valence-electron chi connectivity index (χ3n) is 3.23. The van der Waals surface area contributed by atoms with Gasteiger partial charge in [-0.25, -0.2) is 4.98 Å². The van der Waals surface area contributed by atoms with E-state index in [4.69, 9.17) is 10.7 Å². The SMILES string of the molecule is CCC(CN)c1csc(C2(C)CC2)n1. The van der Waals surface area contributed by atoms with E-state index in [-0.39, 0.29) is 0 Å².